The molecule has 3 rings (SSSR count). The number of carbonyl (C=O) groups excluding carboxylic acids is 1. The molecule has 0 fully saturated rings. The monoisotopic (exact) mass is 434 g/mol. The highest BCUT2D eigenvalue weighted by atomic mass is 19.1. The molecule has 0 saturated carbocycles. The second kappa shape index (κ2) is 9.85. The van der Waals surface area contributed by atoms with Crippen molar-refractivity contribution >= 4 is 17.7 Å². The van der Waals surface area contributed by atoms with Gasteiger partial charge in [-0.15, -0.1) is 0 Å². The van der Waals surface area contributed by atoms with Gasteiger partial charge in [0.1, 0.15) is 11.6 Å². The van der Waals surface area contributed by atoms with Gasteiger partial charge >= 0.3 is 0 Å². The van der Waals surface area contributed by atoms with Crippen LogP contribution < -0.4 is 11.5 Å². The molecule has 0 unspecified atom stereocenters. The summed E-state index contributed by atoms with van der Waals surface area (Å²) in [7, 11) is 3.11. The molecule has 32 heavy (non-hydrogen) atoms. The van der Waals surface area contributed by atoms with E-state index >= 15 is 0 Å². The molecule has 3 aromatic rings. The largest absolute Gasteiger partial charge is 0.384 e. The molecular weight excluding hydrogens is 411 g/mol. The molecule has 0 atom stereocenters. The summed E-state index contributed by atoms with van der Waals surface area (Å²) >= 11 is 0. The Bertz CT molecular complexity index is 1200. The van der Waals surface area contributed by atoms with Crippen molar-refractivity contribution in [1.29, 1.82) is 0 Å². The SMILES string of the molecule is COCCN(C)C(=O)c1cc(-c2nc(N)nc(C)c2C#Cc2ccc(N)nc2)ccc1F. The first-order valence-corrected chi connectivity index (χ1v) is 9.72. The van der Waals surface area contributed by atoms with E-state index in [-0.39, 0.29) is 11.5 Å². The van der Waals surface area contributed by atoms with E-state index in [4.69, 9.17) is 16.2 Å². The minimum absolute atomic E-state index is 0.0478. The van der Waals surface area contributed by atoms with Gasteiger partial charge in [-0.1, -0.05) is 11.8 Å². The van der Waals surface area contributed by atoms with Crippen LogP contribution in [0.4, 0.5) is 16.2 Å². The number of amides is 1. The smallest absolute Gasteiger partial charge is 0.256 e. The van der Waals surface area contributed by atoms with Crippen LogP contribution in [-0.2, 0) is 4.74 Å². The average molecular weight is 434 g/mol. The van der Waals surface area contributed by atoms with Crippen LogP contribution in [0.25, 0.3) is 11.3 Å². The van der Waals surface area contributed by atoms with Crippen LogP contribution in [0.3, 0.4) is 0 Å². The van der Waals surface area contributed by atoms with Gasteiger partial charge in [0.25, 0.3) is 5.91 Å². The van der Waals surface area contributed by atoms with Crippen LogP contribution in [0.5, 0.6) is 0 Å². The lowest BCUT2D eigenvalue weighted by Crippen LogP contribution is -2.30. The van der Waals surface area contributed by atoms with Crippen LogP contribution in [0.2, 0.25) is 0 Å². The van der Waals surface area contributed by atoms with Crippen LogP contribution in [0.15, 0.2) is 36.5 Å². The van der Waals surface area contributed by atoms with Crippen molar-refractivity contribution in [3.8, 4) is 23.1 Å². The number of nitrogen functional groups attached to an aromatic ring is 2. The van der Waals surface area contributed by atoms with Gasteiger partial charge < -0.3 is 21.1 Å². The maximum atomic E-state index is 14.5. The van der Waals surface area contributed by atoms with Crippen molar-refractivity contribution in [2.75, 3.05) is 38.8 Å². The number of rotatable bonds is 5. The third-order valence-corrected chi connectivity index (χ3v) is 4.67. The molecular formula is C23H23FN6O2. The number of aryl methyl sites for hydroxylation is 1. The molecule has 164 valence electrons. The lowest BCUT2D eigenvalue weighted by Gasteiger charge is -2.17. The van der Waals surface area contributed by atoms with E-state index in [0.717, 1.165) is 0 Å². The molecule has 2 heterocycles. The average Bonchev–Trinajstić information content (AvgIpc) is 2.77. The van der Waals surface area contributed by atoms with E-state index in [2.05, 4.69) is 26.8 Å². The number of hydrogen-bond donors (Lipinski definition) is 2. The number of carbonyl (C=O) groups is 1. The van der Waals surface area contributed by atoms with Crippen molar-refractivity contribution in [2.45, 2.75) is 6.92 Å². The van der Waals surface area contributed by atoms with Gasteiger partial charge in [0, 0.05) is 38.0 Å². The third-order valence-electron chi connectivity index (χ3n) is 4.67. The lowest BCUT2D eigenvalue weighted by atomic mass is 10.0. The number of methoxy groups -OCH3 is 1. The number of likely N-dealkylation sites (N-methyl/N-ethyl adjacent to an activating group) is 1. The summed E-state index contributed by atoms with van der Waals surface area (Å²) in [5.74, 6) is 5.37. The van der Waals surface area contributed by atoms with Gasteiger partial charge in [0.15, 0.2) is 0 Å². The Labute approximate surface area is 185 Å². The summed E-state index contributed by atoms with van der Waals surface area (Å²) in [4.78, 5) is 26.7. The molecule has 0 spiro atoms. The zero-order chi connectivity index (χ0) is 23.3. The fourth-order valence-corrected chi connectivity index (χ4v) is 2.94. The predicted molar refractivity (Wildman–Crippen MR) is 120 cm³/mol. The maximum absolute atomic E-state index is 14.5. The topological polar surface area (TPSA) is 120 Å². The summed E-state index contributed by atoms with van der Waals surface area (Å²) in [5, 5.41) is 0. The Morgan fingerprint density at radius 2 is 1.97 bits per heavy atom. The number of halogens is 1. The molecule has 0 radical (unpaired) electrons. The minimum Gasteiger partial charge on any atom is -0.384 e. The molecule has 1 aromatic carbocycles. The van der Waals surface area contributed by atoms with Crippen molar-refractivity contribution in [1.82, 2.24) is 19.9 Å². The van der Waals surface area contributed by atoms with Gasteiger partial charge in [-0.05, 0) is 37.3 Å². The summed E-state index contributed by atoms with van der Waals surface area (Å²) in [6.07, 6.45) is 1.56. The number of pyridine rings is 1. The molecule has 0 aliphatic heterocycles. The van der Waals surface area contributed by atoms with Crippen LogP contribution in [0, 0.1) is 24.6 Å². The number of anilines is 2. The lowest BCUT2D eigenvalue weighted by molar-refractivity contribution is 0.0740. The van der Waals surface area contributed by atoms with Gasteiger partial charge in [-0.2, -0.15) is 0 Å². The second-order valence-electron chi connectivity index (χ2n) is 7.03. The van der Waals surface area contributed by atoms with Crippen molar-refractivity contribution in [2.24, 2.45) is 0 Å². The molecule has 0 aliphatic rings. The second-order valence-corrected chi connectivity index (χ2v) is 7.03. The van der Waals surface area contributed by atoms with E-state index in [0.29, 0.717) is 47.0 Å². The number of nitrogens with two attached hydrogens (primary N) is 2. The van der Waals surface area contributed by atoms with Crippen LogP contribution in [-0.4, -0.2) is 53.1 Å². The molecule has 0 aliphatic carbocycles. The highest BCUT2D eigenvalue weighted by Gasteiger charge is 2.19. The maximum Gasteiger partial charge on any atom is 0.256 e. The molecule has 1 amide bonds. The summed E-state index contributed by atoms with van der Waals surface area (Å²) < 4.78 is 19.5. The molecule has 0 saturated heterocycles. The summed E-state index contributed by atoms with van der Waals surface area (Å²) in [5.41, 5.74) is 14.0. The first-order valence-electron chi connectivity index (χ1n) is 9.72. The fraction of sp³-hybridized carbons (Fsp3) is 0.217. The number of nitrogens with zero attached hydrogens (tertiary/aromatic N) is 4. The third kappa shape index (κ3) is 5.17. The van der Waals surface area contributed by atoms with E-state index < -0.39 is 11.7 Å². The van der Waals surface area contributed by atoms with Gasteiger partial charge in [-0.25, -0.2) is 19.3 Å². The molecule has 2 aromatic heterocycles. The Morgan fingerprint density at radius 1 is 1.19 bits per heavy atom. The zero-order valence-electron chi connectivity index (χ0n) is 18.0. The summed E-state index contributed by atoms with van der Waals surface area (Å²) in [6.45, 7) is 2.41. The molecule has 8 nitrogen and oxygen atoms in total. The van der Waals surface area contributed by atoms with Crippen LogP contribution in [0.1, 0.15) is 27.2 Å². The Hall–Kier alpha value is -4.03. The van der Waals surface area contributed by atoms with E-state index in [9.17, 15) is 9.18 Å². The minimum atomic E-state index is -0.637. The van der Waals surface area contributed by atoms with Crippen molar-refractivity contribution in [3.63, 3.8) is 0 Å². The van der Waals surface area contributed by atoms with Crippen LogP contribution >= 0.6 is 0 Å². The Balaban J connectivity index is 2.06. The zero-order valence-corrected chi connectivity index (χ0v) is 18.0. The molecule has 0 bridgehead atoms. The normalized spacial score (nSPS) is 10.4. The molecule has 9 heteroatoms. The van der Waals surface area contributed by atoms with E-state index in [1.165, 1.54) is 30.2 Å². The first kappa shape index (κ1) is 22.7. The highest BCUT2D eigenvalue weighted by molar-refractivity contribution is 5.95. The van der Waals surface area contributed by atoms with E-state index in [1.807, 2.05) is 0 Å². The highest BCUT2D eigenvalue weighted by Crippen LogP contribution is 2.26. The number of aromatic nitrogens is 3. The molecule has 4 N–H and O–H groups in total. The fourth-order valence-electron chi connectivity index (χ4n) is 2.94. The quantitative estimate of drug-likeness (QED) is 0.591. The van der Waals surface area contributed by atoms with Crippen molar-refractivity contribution < 1.29 is 13.9 Å². The number of hydrogen-bond acceptors (Lipinski definition) is 7. The first-order chi connectivity index (χ1) is 15.3. The van der Waals surface area contributed by atoms with Gasteiger partial charge in [0.2, 0.25) is 5.95 Å². The van der Waals surface area contributed by atoms with Crippen molar-refractivity contribution in [3.05, 3.63) is 64.7 Å². The Morgan fingerprint density at radius 3 is 2.66 bits per heavy atom. The standard InChI is InChI=1S/C23H23FN6O2/c1-14-17(7-4-15-5-9-20(25)27-13-15)21(29-23(26)28-14)16-6-8-19(24)18(12-16)22(31)30(2)10-11-32-3/h5-6,8-9,12-13H,10-11H2,1-3H3,(H2,25,27)(H2,26,28,29). The van der Waals surface area contributed by atoms with E-state index in [1.54, 1.807) is 32.3 Å². The summed E-state index contributed by atoms with van der Waals surface area (Å²) in [6, 6.07) is 7.58. The number of ether oxygens (including phenoxy) is 1. The number of benzene rings is 1. The van der Waals surface area contributed by atoms with Gasteiger partial charge in [0.05, 0.1) is 29.1 Å². The van der Waals surface area contributed by atoms with Gasteiger partial charge in [-0.3, -0.25) is 4.79 Å². The predicted octanol–water partition coefficient (Wildman–Crippen LogP) is 2.27. The Kier molecular flexibility index (Phi) is 6.97.